The fourth-order valence-electron chi connectivity index (χ4n) is 5.92. The molecule has 0 bridgehead atoms. The molecule has 2 saturated heterocycles. The lowest BCUT2D eigenvalue weighted by Gasteiger charge is -2.38. The number of hydrogen-bond donors (Lipinski definition) is 0. The van der Waals surface area contributed by atoms with Gasteiger partial charge >= 0.3 is 0 Å². The molecule has 1 amide bonds. The topological polar surface area (TPSA) is 26.8 Å². The minimum Gasteiger partial charge on any atom is -0.369 e. The van der Waals surface area contributed by atoms with Crippen LogP contribution in [0.2, 0.25) is 0 Å². The van der Waals surface area contributed by atoms with Gasteiger partial charge < -0.3 is 9.80 Å². The van der Waals surface area contributed by atoms with Gasteiger partial charge in [0.25, 0.3) is 0 Å². The minimum absolute atomic E-state index is 0.183. The molecule has 2 aromatic carbocycles. The van der Waals surface area contributed by atoms with Crippen LogP contribution in [0.4, 0.5) is 10.1 Å². The van der Waals surface area contributed by atoms with Crippen molar-refractivity contribution in [3.05, 3.63) is 66.0 Å². The van der Waals surface area contributed by atoms with Gasteiger partial charge in [-0.3, -0.25) is 9.69 Å². The van der Waals surface area contributed by atoms with Crippen molar-refractivity contribution in [2.24, 2.45) is 11.8 Å². The van der Waals surface area contributed by atoms with Gasteiger partial charge in [-0.25, -0.2) is 4.39 Å². The number of carbonyl (C=O) groups excluding carboxylic acids is 1. The van der Waals surface area contributed by atoms with Gasteiger partial charge in [0.15, 0.2) is 0 Å². The molecule has 1 aliphatic carbocycles. The van der Waals surface area contributed by atoms with Gasteiger partial charge in [-0.1, -0.05) is 43.2 Å². The third kappa shape index (κ3) is 4.68. The lowest BCUT2D eigenvalue weighted by atomic mass is 9.88. The smallest absolute Gasteiger partial charge is 0.225 e. The van der Waals surface area contributed by atoms with E-state index in [0.717, 1.165) is 64.3 Å². The molecule has 0 spiro atoms. The molecule has 2 heterocycles. The SMILES string of the molecule is O=C(C1CCCC1)N1C[C@@H](CN2CCN(c3ccc(F)cc3)CC2)[C@@H](c2ccccc2)C1. The van der Waals surface area contributed by atoms with E-state index in [-0.39, 0.29) is 11.7 Å². The zero-order valence-electron chi connectivity index (χ0n) is 18.8. The van der Waals surface area contributed by atoms with Crippen molar-refractivity contribution in [3.8, 4) is 0 Å². The highest BCUT2D eigenvalue weighted by Gasteiger charge is 2.39. The van der Waals surface area contributed by atoms with E-state index in [0.29, 0.717) is 17.7 Å². The predicted octanol–water partition coefficient (Wildman–Crippen LogP) is 4.38. The number of rotatable bonds is 5. The van der Waals surface area contributed by atoms with Crippen molar-refractivity contribution >= 4 is 11.6 Å². The number of nitrogens with zero attached hydrogens (tertiary/aromatic N) is 3. The maximum Gasteiger partial charge on any atom is 0.225 e. The second-order valence-corrected chi connectivity index (χ2v) is 9.77. The fraction of sp³-hybridized carbons (Fsp3) is 0.519. The Labute approximate surface area is 191 Å². The summed E-state index contributed by atoms with van der Waals surface area (Å²) in [5, 5.41) is 0. The number of likely N-dealkylation sites (tertiary alicyclic amines) is 1. The van der Waals surface area contributed by atoms with Gasteiger partial charge in [0.05, 0.1) is 0 Å². The lowest BCUT2D eigenvalue weighted by molar-refractivity contribution is -0.134. The maximum absolute atomic E-state index is 13.3. The molecule has 3 fully saturated rings. The van der Waals surface area contributed by atoms with E-state index in [1.165, 1.54) is 18.4 Å². The van der Waals surface area contributed by atoms with E-state index in [1.54, 1.807) is 12.1 Å². The first kappa shape index (κ1) is 21.4. The summed E-state index contributed by atoms with van der Waals surface area (Å²) in [6.45, 7) is 6.70. The van der Waals surface area contributed by atoms with Crippen LogP contribution in [0.3, 0.4) is 0 Å². The van der Waals surface area contributed by atoms with Crippen LogP contribution in [0.1, 0.15) is 37.2 Å². The molecular weight excluding hydrogens is 401 g/mol. The van der Waals surface area contributed by atoms with Crippen molar-refractivity contribution in [3.63, 3.8) is 0 Å². The van der Waals surface area contributed by atoms with Crippen molar-refractivity contribution in [2.45, 2.75) is 31.6 Å². The van der Waals surface area contributed by atoms with E-state index in [4.69, 9.17) is 0 Å². The molecule has 0 N–H and O–H groups in total. The van der Waals surface area contributed by atoms with E-state index in [9.17, 15) is 9.18 Å². The quantitative estimate of drug-likeness (QED) is 0.697. The summed E-state index contributed by atoms with van der Waals surface area (Å²) in [7, 11) is 0. The standard InChI is InChI=1S/C27H34FN3O/c28-24-10-12-25(13-11-24)30-16-14-29(15-17-30)18-23-19-31(27(32)22-8-4-5-9-22)20-26(23)21-6-2-1-3-7-21/h1-3,6-7,10-13,22-23,26H,4-5,8-9,14-20H2/t23-,26-/m1/s1. The molecule has 4 nitrogen and oxygen atoms in total. The van der Waals surface area contributed by atoms with Crippen molar-refractivity contribution < 1.29 is 9.18 Å². The van der Waals surface area contributed by atoms with Crippen LogP contribution in [0.15, 0.2) is 54.6 Å². The number of carbonyl (C=O) groups is 1. The van der Waals surface area contributed by atoms with Crippen molar-refractivity contribution in [1.29, 1.82) is 0 Å². The fourth-order valence-corrected chi connectivity index (χ4v) is 5.92. The largest absolute Gasteiger partial charge is 0.369 e. The average Bonchev–Trinajstić information content (AvgIpc) is 3.51. The van der Waals surface area contributed by atoms with Crippen LogP contribution in [0, 0.1) is 17.7 Å². The van der Waals surface area contributed by atoms with Gasteiger partial charge in [-0.15, -0.1) is 0 Å². The Bertz CT molecular complexity index is 889. The number of amides is 1. The molecule has 2 aromatic rings. The molecule has 1 saturated carbocycles. The highest BCUT2D eigenvalue weighted by Crippen LogP contribution is 2.36. The second-order valence-electron chi connectivity index (χ2n) is 9.77. The third-order valence-electron chi connectivity index (χ3n) is 7.74. The summed E-state index contributed by atoms with van der Waals surface area (Å²) in [6, 6.07) is 17.6. The zero-order valence-corrected chi connectivity index (χ0v) is 18.8. The normalized spacial score (nSPS) is 24.9. The monoisotopic (exact) mass is 435 g/mol. The van der Waals surface area contributed by atoms with Gasteiger partial charge in [-0.2, -0.15) is 0 Å². The maximum atomic E-state index is 13.3. The third-order valence-corrected chi connectivity index (χ3v) is 7.74. The van der Waals surface area contributed by atoms with E-state index < -0.39 is 0 Å². The molecule has 5 rings (SSSR count). The number of anilines is 1. The molecule has 2 aliphatic heterocycles. The first-order valence-corrected chi connectivity index (χ1v) is 12.2. The van der Waals surface area contributed by atoms with Gasteiger partial charge in [0, 0.05) is 63.3 Å². The summed E-state index contributed by atoms with van der Waals surface area (Å²) in [6.07, 6.45) is 4.55. The van der Waals surface area contributed by atoms with Crippen molar-refractivity contribution in [1.82, 2.24) is 9.80 Å². The summed E-state index contributed by atoms with van der Waals surface area (Å²) in [4.78, 5) is 20.2. The molecule has 3 aliphatic rings. The summed E-state index contributed by atoms with van der Waals surface area (Å²) in [5.41, 5.74) is 2.46. The Balaban J connectivity index is 1.23. The molecule has 5 heteroatoms. The highest BCUT2D eigenvalue weighted by molar-refractivity contribution is 5.79. The molecule has 32 heavy (non-hydrogen) atoms. The number of benzene rings is 2. The Morgan fingerprint density at radius 1 is 0.875 bits per heavy atom. The predicted molar refractivity (Wildman–Crippen MR) is 126 cm³/mol. The van der Waals surface area contributed by atoms with Gasteiger partial charge in [0.1, 0.15) is 5.82 Å². The number of piperazine rings is 1. The summed E-state index contributed by atoms with van der Waals surface area (Å²) in [5.74, 6) is 1.35. The number of halogens is 1. The van der Waals surface area contributed by atoms with Gasteiger partial charge in [0.2, 0.25) is 5.91 Å². The first-order valence-electron chi connectivity index (χ1n) is 12.2. The Morgan fingerprint density at radius 3 is 2.25 bits per heavy atom. The lowest BCUT2D eigenvalue weighted by Crippen LogP contribution is -2.48. The molecule has 0 aromatic heterocycles. The van der Waals surface area contributed by atoms with Crippen LogP contribution >= 0.6 is 0 Å². The summed E-state index contributed by atoms with van der Waals surface area (Å²) >= 11 is 0. The zero-order chi connectivity index (χ0) is 21.9. The van der Waals surface area contributed by atoms with Crippen LogP contribution in [0.5, 0.6) is 0 Å². The Kier molecular flexibility index (Phi) is 6.44. The van der Waals surface area contributed by atoms with Crippen LogP contribution in [-0.4, -0.2) is 61.5 Å². The second kappa shape index (κ2) is 9.62. The van der Waals surface area contributed by atoms with E-state index >= 15 is 0 Å². The average molecular weight is 436 g/mol. The molecule has 2 atom stereocenters. The summed E-state index contributed by atoms with van der Waals surface area (Å²) < 4.78 is 13.3. The Morgan fingerprint density at radius 2 is 1.56 bits per heavy atom. The van der Waals surface area contributed by atoms with Gasteiger partial charge in [-0.05, 0) is 48.6 Å². The molecule has 170 valence electrons. The van der Waals surface area contributed by atoms with E-state index in [2.05, 4.69) is 45.0 Å². The van der Waals surface area contributed by atoms with Crippen LogP contribution in [0.25, 0.3) is 0 Å². The molecular formula is C27H34FN3O. The van der Waals surface area contributed by atoms with Crippen LogP contribution in [-0.2, 0) is 4.79 Å². The van der Waals surface area contributed by atoms with Crippen LogP contribution < -0.4 is 4.90 Å². The van der Waals surface area contributed by atoms with E-state index in [1.807, 2.05) is 12.1 Å². The first-order chi connectivity index (χ1) is 15.7. The highest BCUT2D eigenvalue weighted by atomic mass is 19.1. The number of hydrogen-bond acceptors (Lipinski definition) is 3. The molecule has 0 radical (unpaired) electrons. The van der Waals surface area contributed by atoms with Crippen molar-refractivity contribution in [2.75, 3.05) is 50.7 Å². The molecule has 0 unspecified atom stereocenters. The Hall–Kier alpha value is -2.40. The minimum atomic E-state index is -0.183.